The average Bonchev–Trinajstić information content (AvgIpc) is 2.90. The van der Waals surface area contributed by atoms with Gasteiger partial charge in [-0.15, -0.1) is 24.5 Å². The molecule has 0 radical (unpaired) electrons. The molecule has 1 aliphatic rings. The highest BCUT2D eigenvalue weighted by atomic mass is 32.1. The van der Waals surface area contributed by atoms with Gasteiger partial charge in [-0.25, -0.2) is 4.98 Å². The summed E-state index contributed by atoms with van der Waals surface area (Å²) in [5.74, 6) is -0.435. The summed E-state index contributed by atoms with van der Waals surface area (Å²) in [4.78, 5) is 18.9. The summed E-state index contributed by atoms with van der Waals surface area (Å²) in [6.45, 7) is 2.29. The molecule has 122 valence electrons. The molecule has 0 fully saturated rings. The van der Waals surface area contributed by atoms with E-state index in [0.717, 1.165) is 0 Å². The van der Waals surface area contributed by atoms with Crippen LogP contribution < -0.4 is 9.64 Å². The number of aromatic nitrogens is 1. The Balaban J connectivity index is 1.91. The van der Waals surface area contributed by atoms with Gasteiger partial charge in [-0.3, -0.25) is 4.79 Å². The standard InChI is InChI=1S/C15H13F3N2O2S/c1-9-13(23-8-19-9)14(21)20-6-2-3-10-7-11(4-5-12(10)20)22-15(16,17)18/h4-5,7-8H,2-3,6H2,1H3. The van der Waals surface area contributed by atoms with Gasteiger partial charge in [-0.05, 0) is 43.5 Å². The number of rotatable bonds is 2. The van der Waals surface area contributed by atoms with Crippen molar-refractivity contribution in [2.75, 3.05) is 11.4 Å². The number of hydrogen-bond donors (Lipinski definition) is 0. The van der Waals surface area contributed by atoms with Crippen molar-refractivity contribution in [1.29, 1.82) is 0 Å². The molecule has 0 unspecified atom stereocenters. The summed E-state index contributed by atoms with van der Waals surface area (Å²) in [5.41, 5.74) is 3.56. The van der Waals surface area contributed by atoms with E-state index in [1.165, 1.54) is 29.5 Å². The molecular weight excluding hydrogens is 329 g/mol. The largest absolute Gasteiger partial charge is 0.573 e. The Morgan fingerprint density at radius 1 is 1.39 bits per heavy atom. The Kier molecular flexibility index (Phi) is 4.01. The first-order valence-electron chi connectivity index (χ1n) is 6.96. The molecule has 2 heterocycles. The van der Waals surface area contributed by atoms with Gasteiger partial charge in [0.05, 0.1) is 11.2 Å². The number of aryl methyl sites for hydroxylation is 2. The number of alkyl halides is 3. The summed E-state index contributed by atoms with van der Waals surface area (Å²) in [6.07, 6.45) is -3.43. The van der Waals surface area contributed by atoms with Crippen molar-refractivity contribution in [2.45, 2.75) is 26.1 Å². The summed E-state index contributed by atoms with van der Waals surface area (Å²) in [6, 6.07) is 4.09. The third-order valence-corrected chi connectivity index (χ3v) is 4.50. The van der Waals surface area contributed by atoms with Gasteiger partial charge in [0.15, 0.2) is 0 Å². The van der Waals surface area contributed by atoms with Crippen molar-refractivity contribution in [1.82, 2.24) is 4.98 Å². The van der Waals surface area contributed by atoms with E-state index in [2.05, 4.69) is 9.72 Å². The molecule has 23 heavy (non-hydrogen) atoms. The molecule has 0 saturated heterocycles. The van der Waals surface area contributed by atoms with Crippen LogP contribution in [0, 0.1) is 6.92 Å². The van der Waals surface area contributed by atoms with Crippen molar-refractivity contribution in [3.05, 3.63) is 39.8 Å². The molecule has 0 saturated carbocycles. The number of halogens is 3. The normalized spacial score (nSPS) is 14.5. The zero-order valence-electron chi connectivity index (χ0n) is 12.2. The van der Waals surface area contributed by atoms with Gasteiger partial charge in [-0.2, -0.15) is 0 Å². The molecule has 2 aromatic rings. The number of thiazole rings is 1. The van der Waals surface area contributed by atoms with Gasteiger partial charge in [0.2, 0.25) is 0 Å². The van der Waals surface area contributed by atoms with Crippen molar-refractivity contribution >= 4 is 22.9 Å². The molecule has 1 amide bonds. The molecular formula is C15H13F3N2O2S. The molecule has 8 heteroatoms. The second-order valence-corrected chi connectivity index (χ2v) is 6.02. The summed E-state index contributed by atoms with van der Waals surface area (Å²) in [7, 11) is 0. The number of anilines is 1. The molecule has 3 rings (SSSR count). The molecule has 0 N–H and O–H groups in total. The first-order valence-corrected chi connectivity index (χ1v) is 7.84. The first kappa shape index (κ1) is 15.8. The zero-order chi connectivity index (χ0) is 16.6. The van der Waals surface area contributed by atoms with Crippen LogP contribution in [0.15, 0.2) is 23.7 Å². The lowest BCUT2D eigenvalue weighted by Crippen LogP contribution is -2.35. The van der Waals surface area contributed by atoms with E-state index >= 15 is 0 Å². The van der Waals surface area contributed by atoms with Gasteiger partial charge >= 0.3 is 6.36 Å². The number of amides is 1. The number of ether oxygens (including phenoxy) is 1. The molecule has 0 aliphatic carbocycles. The molecule has 4 nitrogen and oxygen atoms in total. The lowest BCUT2D eigenvalue weighted by molar-refractivity contribution is -0.274. The molecule has 1 aliphatic heterocycles. The zero-order valence-corrected chi connectivity index (χ0v) is 13.0. The van der Waals surface area contributed by atoms with Gasteiger partial charge in [0.25, 0.3) is 5.91 Å². The highest BCUT2D eigenvalue weighted by molar-refractivity contribution is 7.12. The van der Waals surface area contributed by atoms with E-state index in [0.29, 0.717) is 41.2 Å². The fraction of sp³-hybridized carbons (Fsp3) is 0.333. The van der Waals surface area contributed by atoms with Crippen LogP contribution in [0.2, 0.25) is 0 Å². The third kappa shape index (κ3) is 3.31. The Labute approximate surface area is 134 Å². The van der Waals surface area contributed by atoms with Crippen LogP contribution in [-0.4, -0.2) is 23.8 Å². The second-order valence-electron chi connectivity index (χ2n) is 5.17. The number of hydrogen-bond acceptors (Lipinski definition) is 4. The van der Waals surface area contributed by atoms with E-state index in [9.17, 15) is 18.0 Å². The minimum atomic E-state index is -4.72. The van der Waals surface area contributed by atoms with Gasteiger partial charge < -0.3 is 9.64 Å². The minimum absolute atomic E-state index is 0.171. The Morgan fingerprint density at radius 3 is 2.83 bits per heavy atom. The fourth-order valence-corrected chi connectivity index (χ4v) is 3.36. The number of carbonyl (C=O) groups excluding carboxylic acids is 1. The van der Waals surface area contributed by atoms with Crippen LogP contribution >= 0.6 is 11.3 Å². The molecule has 1 aromatic heterocycles. The topological polar surface area (TPSA) is 42.4 Å². The predicted molar refractivity (Wildman–Crippen MR) is 80.0 cm³/mol. The van der Waals surface area contributed by atoms with Crippen LogP contribution in [0.25, 0.3) is 0 Å². The molecule has 0 bridgehead atoms. The van der Waals surface area contributed by atoms with Crippen LogP contribution in [0.1, 0.15) is 27.3 Å². The highest BCUT2D eigenvalue weighted by Crippen LogP contribution is 2.34. The Hall–Kier alpha value is -2.09. The smallest absolute Gasteiger partial charge is 0.406 e. The molecule has 0 atom stereocenters. The van der Waals surface area contributed by atoms with E-state index < -0.39 is 6.36 Å². The van der Waals surface area contributed by atoms with Crippen molar-refractivity contribution in [3.8, 4) is 5.75 Å². The lowest BCUT2D eigenvalue weighted by Gasteiger charge is -2.29. The third-order valence-electron chi connectivity index (χ3n) is 3.59. The Morgan fingerprint density at radius 2 is 2.17 bits per heavy atom. The number of nitrogens with zero attached hydrogens (tertiary/aromatic N) is 2. The number of benzene rings is 1. The fourth-order valence-electron chi connectivity index (χ4n) is 2.61. The monoisotopic (exact) mass is 342 g/mol. The number of fused-ring (bicyclic) bond motifs is 1. The first-order chi connectivity index (χ1) is 10.8. The highest BCUT2D eigenvalue weighted by Gasteiger charge is 2.32. The van der Waals surface area contributed by atoms with Gasteiger partial charge in [0, 0.05) is 12.2 Å². The average molecular weight is 342 g/mol. The van der Waals surface area contributed by atoms with Gasteiger partial charge in [-0.1, -0.05) is 0 Å². The Bertz CT molecular complexity index is 743. The molecule has 1 aromatic carbocycles. The van der Waals surface area contributed by atoms with Gasteiger partial charge in [0.1, 0.15) is 10.6 Å². The minimum Gasteiger partial charge on any atom is -0.406 e. The van der Waals surface area contributed by atoms with Crippen molar-refractivity contribution in [2.24, 2.45) is 0 Å². The summed E-state index contributed by atoms with van der Waals surface area (Å²) >= 11 is 1.26. The number of carbonyl (C=O) groups is 1. The van der Waals surface area contributed by atoms with Crippen LogP contribution in [0.5, 0.6) is 5.75 Å². The van der Waals surface area contributed by atoms with E-state index in [-0.39, 0.29) is 11.7 Å². The summed E-state index contributed by atoms with van der Waals surface area (Å²) in [5, 5.41) is 0. The van der Waals surface area contributed by atoms with Crippen molar-refractivity contribution < 1.29 is 22.7 Å². The SMILES string of the molecule is Cc1ncsc1C(=O)N1CCCc2cc(OC(F)(F)F)ccc21. The quantitative estimate of drug-likeness (QED) is 0.830. The second kappa shape index (κ2) is 5.84. The van der Waals surface area contributed by atoms with E-state index in [1.807, 2.05) is 0 Å². The van der Waals surface area contributed by atoms with E-state index in [1.54, 1.807) is 17.3 Å². The van der Waals surface area contributed by atoms with E-state index in [4.69, 9.17) is 0 Å². The lowest BCUT2D eigenvalue weighted by atomic mass is 10.0. The van der Waals surface area contributed by atoms with Crippen LogP contribution in [0.3, 0.4) is 0 Å². The predicted octanol–water partition coefficient (Wildman–Crippen LogP) is 3.94. The van der Waals surface area contributed by atoms with Crippen LogP contribution in [-0.2, 0) is 6.42 Å². The van der Waals surface area contributed by atoms with Crippen LogP contribution in [0.4, 0.5) is 18.9 Å². The maximum absolute atomic E-state index is 12.6. The van der Waals surface area contributed by atoms with Crippen molar-refractivity contribution in [3.63, 3.8) is 0 Å². The molecule has 0 spiro atoms. The maximum Gasteiger partial charge on any atom is 0.573 e. The maximum atomic E-state index is 12.6. The summed E-state index contributed by atoms with van der Waals surface area (Å²) < 4.78 is 40.9.